The summed E-state index contributed by atoms with van der Waals surface area (Å²) in [5.74, 6) is 1.21. The van der Waals surface area contributed by atoms with Crippen molar-refractivity contribution in [3.63, 3.8) is 0 Å². The molecule has 0 fully saturated rings. The number of nitrogens with one attached hydrogen (secondary N) is 3. The van der Waals surface area contributed by atoms with Crippen LogP contribution < -0.4 is 21.7 Å². The number of rotatable bonds is 10. The van der Waals surface area contributed by atoms with E-state index in [0.29, 0.717) is 42.3 Å². The molecule has 264 valence electrons. The molecule has 18 heteroatoms. The minimum Gasteiger partial charge on any atom is -0.384 e. The predicted octanol–water partition coefficient (Wildman–Crippen LogP) is 3.94. The number of H-pyrrole nitrogens is 2. The SMILES string of the molecule is CCN(Cc1cnn(C)c1)c1ncnc2c(S(=O)(=O)c3ccccc3)c(N)[nH]c12.CCNc1ncnc2c(S(=O)(=O)c3ccccc3)c(N)[nH]c12. The second kappa shape index (κ2) is 14.1. The van der Waals surface area contributed by atoms with Crippen molar-refractivity contribution < 1.29 is 16.8 Å². The van der Waals surface area contributed by atoms with Gasteiger partial charge in [0.25, 0.3) is 0 Å². The Bertz CT molecular complexity index is 2530. The van der Waals surface area contributed by atoms with Crippen molar-refractivity contribution in [1.82, 2.24) is 39.7 Å². The summed E-state index contributed by atoms with van der Waals surface area (Å²) in [7, 11) is -5.74. The fourth-order valence-electron chi connectivity index (χ4n) is 5.61. The van der Waals surface area contributed by atoms with Crippen molar-refractivity contribution in [2.24, 2.45) is 7.05 Å². The summed E-state index contributed by atoms with van der Waals surface area (Å²) < 4.78 is 53.7. The summed E-state index contributed by atoms with van der Waals surface area (Å²) in [5.41, 5.74) is 14.6. The van der Waals surface area contributed by atoms with Crippen LogP contribution in [0.5, 0.6) is 0 Å². The van der Waals surface area contributed by atoms with Crippen LogP contribution in [-0.4, -0.2) is 69.6 Å². The molecule has 0 spiro atoms. The Balaban J connectivity index is 0.000000183. The summed E-state index contributed by atoms with van der Waals surface area (Å²) in [6.45, 7) is 5.78. The van der Waals surface area contributed by atoms with Crippen LogP contribution in [0.1, 0.15) is 19.4 Å². The molecule has 7 rings (SSSR count). The minimum atomic E-state index is -3.84. The molecule has 5 heterocycles. The number of aromatic amines is 2. The largest absolute Gasteiger partial charge is 0.384 e. The first-order valence-corrected chi connectivity index (χ1v) is 18.7. The lowest BCUT2D eigenvalue weighted by Crippen LogP contribution is -2.23. The maximum absolute atomic E-state index is 13.2. The van der Waals surface area contributed by atoms with E-state index < -0.39 is 19.7 Å². The number of nitrogens with two attached hydrogens (primary N) is 2. The summed E-state index contributed by atoms with van der Waals surface area (Å²) in [6.07, 6.45) is 6.39. The maximum atomic E-state index is 13.2. The molecule has 0 aliphatic rings. The highest BCUT2D eigenvalue weighted by atomic mass is 32.2. The average molecular weight is 729 g/mol. The van der Waals surface area contributed by atoms with E-state index in [1.807, 2.05) is 32.0 Å². The van der Waals surface area contributed by atoms with Gasteiger partial charge in [-0.15, -0.1) is 0 Å². The molecular weight excluding hydrogens is 693 g/mol. The Morgan fingerprint density at radius 1 is 0.765 bits per heavy atom. The lowest BCUT2D eigenvalue weighted by molar-refractivity contribution is 0.595. The summed E-state index contributed by atoms with van der Waals surface area (Å²) in [5, 5.41) is 7.24. The number of aromatic nitrogens is 8. The van der Waals surface area contributed by atoms with Crippen LogP contribution in [0, 0.1) is 0 Å². The fraction of sp³-hybridized carbons (Fsp3) is 0.182. The Morgan fingerprint density at radius 3 is 1.80 bits per heavy atom. The maximum Gasteiger partial charge on any atom is 0.212 e. The number of fused-ring (bicyclic) bond motifs is 2. The zero-order valence-electron chi connectivity index (χ0n) is 27.9. The number of hydrogen-bond acceptors (Lipinski definition) is 13. The first-order chi connectivity index (χ1) is 24.5. The van der Waals surface area contributed by atoms with Crippen LogP contribution in [0.2, 0.25) is 0 Å². The molecule has 5 aromatic heterocycles. The molecule has 7 N–H and O–H groups in total. The number of sulfone groups is 2. The van der Waals surface area contributed by atoms with Crippen LogP contribution >= 0.6 is 0 Å². The van der Waals surface area contributed by atoms with E-state index in [1.54, 1.807) is 47.3 Å². The molecule has 51 heavy (non-hydrogen) atoms. The van der Waals surface area contributed by atoms with Gasteiger partial charge in [-0.05, 0) is 38.1 Å². The first kappa shape index (κ1) is 34.8. The molecule has 0 saturated heterocycles. The number of nitrogens with zero attached hydrogens (tertiary/aromatic N) is 7. The summed E-state index contributed by atoms with van der Waals surface area (Å²) in [6, 6.07) is 16.3. The monoisotopic (exact) mass is 728 g/mol. The molecule has 7 aromatic rings. The van der Waals surface area contributed by atoms with Crippen LogP contribution in [0.4, 0.5) is 23.3 Å². The van der Waals surface area contributed by atoms with Crippen LogP contribution in [0.15, 0.2) is 105 Å². The van der Waals surface area contributed by atoms with E-state index >= 15 is 0 Å². The van der Waals surface area contributed by atoms with Crippen LogP contribution in [-0.2, 0) is 33.3 Å². The third-order valence-corrected chi connectivity index (χ3v) is 11.6. The number of hydrogen-bond donors (Lipinski definition) is 5. The zero-order valence-corrected chi connectivity index (χ0v) is 29.6. The highest BCUT2D eigenvalue weighted by Crippen LogP contribution is 2.36. The van der Waals surface area contributed by atoms with Crippen molar-refractivity contribution in [3.8, 4) is 0 Å². The quantitative estimate of drug-likeness (QED) is 0.134. The standard InChI is InChI=1S/C19H21N7O2S.C14H15N5O2S/c1-3-26(11-13-9-23-25(2)10-13)19-16-15(21-12-22-19)17(18(20)24-16)29(27,28)14-7-5-4-6-8-14;1-2-16-14-11-10(17-8-18-14)12(13(15)19-11)22(20,21)9-6-4-3-5-7-9/h4-10,12,24H,3,11,20H2,1-2H3;3-8,19H,2,15H2,1H3,(H,16,17,18). The van der Waals surface area contributed by atoms with Crippen molar-refractivity contribution in [1.29, 1.82) is 0 Å². The summed E-state index contributed by atoms with van der Waals surface area (Å²) in [4.78, 5) is 25.0. The molecule has 2 aromatic carbocycles. The number of anilines is 4. The van der Waals surface area contributed by atoms with Gasteiger partial charge in [0, 0.05) is 38.4 Å². The fourth-order valence-corrected chi connectivity index (χ4v) is 8.61. The van der Waals surface area contributed by atoms with Gasteiger partial charge in [0.15, 0.2) is 11.6 Å². The highest BCUT2D eigenvalue weighted by molar-refractivity contribution is 7.92. The van der Waals surface area contributed by atoms with E-state index in [0.717, 1.165) is 5.56 Å². The number of aryl methyl sites for hydroxylation is 1. The van der Waals surface area contributed by atoms with Gasteiger partial charge in [0.05, 0.1) is 16.0 Å². The Labute approximate surface area is 293 Å². The second-order valence-electron chi connectivity index (χ2n) is 11.3. The molecular formula is C33H36N12O4S2. The number of nitrogen functional groups attached to an aromatic ring is 2. The zero-order chi connectivity index (χ0) is 36.3. The Kier molecular flexibility index (Phi) is 9.62. The Hall–Kier alpha value is -6.01. The van der Waals surface area contributed by atoms with E-state index in [1.165, 1.54) is 36.9 Å². The van der Waals surface area contributed by atoms with E-state index in [2.05, 4.69) is 40.3 Å². The van der Waals surface area contributed by atoms with Gasteiger partial charge in [-0.1, -0.05) is 36.4 Å². The normalized spacial score (nSPS) is 11.7. The predicted molar refractivity (Wildman–Crippen MR) is 194 cm³/mol. The molecule has 0 atom stereocenters. The van der Waals surface area contributed by atoms with Gasteiger partial charge in [-0.25, -0.2) is 36.8 Å². The van der Waals surface area contributed by atoms with Gasteiger partial charge < -0.3 is 31.7 Å². The van der Waals surface area contributed by atoms with Crippen molar-refractivity contribution in [2.45, 2.75) is 40.0 Å². The first-order valence-electron chi connectivity index (χ1n) is 15.8. The van der Waals surface area contributed by atoms with E-state index in [9.17, 15) is 16.8 Å². The lowest BCUT2D eigenvalue weighted by atomic mass is 10.3. The Morgan fingerprint density at radius 2 is 1.29 bits per heavy atom. The molecule has 0 aliphatic carbocycles. The molecule has 16 nitrogen and oxygen atoms in total. The molecule has 0 saturated carbocycles. The van der Waals surface area contributed by atoms with Gasteiger partial charge in [-0.3, -0.25) is 4.68 Å². The minimum absolute atomic E-state index is 0.0183. The lowest BCUT2D eigenvalue weighted by Gasteiger charge is -2.21. The van der Waals surface area contributed by atoms with Gasteiger partial charge >= 0.3 is 0 Å². The topological polar surface area (TPSA) is 237 Å². The molecule has 0 unspecified atom stereocenters. The molecule has 0 bridgehead atoms. The van der Waals surface area contributed by atoms with E-state index in [4.69, 9.17) is 11.5 Å². The molecule has 0 amide bonds. The van der Waals surface area contributed by atoms with Gasteiger partial charge in [-0.2, -0.15) is 5.10 Å². The smallest absolute Gasteiger partial charge is 0.212 e. The van der Waals surface area contributed by atoms with Crippen molar-refractivity contribution in [2.75, 3.05) is 34.8 Å². The molecule has 0 aliphatic heterocycles. The summed E-state index contributed by atoms with van der Waals surface area (Å²) >= 11 is 0. The third kappa shape index (κ3) is 6.65. The third-order valence-electron chi connectivity index (χ3n) is 7.92. The second-order valence-corrected chi connectivity index (χ2v) is 15.1. The van der Waals surface area contributed by atoms with E-state index in [-0.39, 0.29) is 42.3 Å². The van der Waals surface area contributed by atoms with Gasteiger partial charge in [0.1, 0.15) is 56.1 Å². The highest BCUT2D eigenvalue weighted by Gasteiger charge is 2.29. The number of benzene rings is 2. The van der Waals surface area contributed by atoms with Crippen molar-refractivity contribution in [3.05, 3.63) is 91.3 Å². The molecule has 0 radical (unpaired) electrons. The van der Waals surface area contributed by atoms with Crippen LogP contribution in [0.25, 0.3) is 22.1 Å². The van der Waals surface area contributed by atoms with Crippen molar-refractivity contribution >= 4 is 65.0 Å². The van der Waals surface area contributed by atoms with Crippen LogP contribution in [0.3, 0.4) is 0 Å². The van der Waals surface area contributed by atoms with Gasteiger partial charge in [0.2, 0.25) is 19.7 Å². The average Bonchev–Trinajstić information content (AvgIpc) is 3.82.